The molecule has 1 aliphatic rings. The minimum absolute atomic E-state index is 0.0375. The Hall–Kier alpha value is -2.19. The topological polar surface area (TPSA) is 83.0 Å². The number of ether oxygens (including phenoxy) is 1. The molecule has 3 aromatic rings. The van der Waals surface area contributed by atoms with Gasteiger partial charge in [-0.15, -0.1) is 10.2 Å². The molecule has 0 aliphatic carbocycles. The Balaban J connectivity index is 1.64. The van der Waals surface area contributed by atoms with Crippen LogP contribution < -0.4 is 5.56 Å². The van der Waals surface area contributed by atoms with Crippen molar-refractivity contribution in [1.82, 2.24) is 19.7 Å². The molecule has 0 radical (unpaired) electrons. The molecule has 7 nitrogen and oxygen atoms in total. The van der Waals surface area contributed by atoms with Crippen molar-refractivity contribution in [2.45, 2.75) is 62.6 Å². The van der Waals surface area contributed by atoms with Gasteiger partial charge in [-0.25, -0.2) is 4.98 Å². The molecule has 148 valence electrons. The van der Waals surface area contributed by atoms with Crippen molar-refractivity contribution in [2.24, 2.45) is 0 Å². The van der Waals surface area contributed by atoms with Crippen LogP contribution in [0.3, 0.4) is 0 Å². The summed E-state index contributed by atoms with van der Waals surface area (Å²) in [6.45, 7) is 7.35. The Morgan fingerprint density at radius 1 is 1.25 bits per heavy atom. The normalized spacial score (nSPS) is 17.5. The first kappa shape index (κ1) is 19.1. The molecule has 1 saturated heterocycles. The average Bonchev–Trinajstić information content (AvgIpc) is 3.34. The number of benzene rings is 1. The van der Waals surface area contributed by atoms with Crippen LogP contribution in [0.25, 0.3) is 10.9 Å². The predicted octanol–water partition coefficient (Wildman–Crippen LogP) is 3.55. The van der Waals surface area contributed by atoms with E-state index in [-0.39, 0.29) is 17.1 Å². The number of thioether (sulfide) groups is 1. The first-order valence-corrected chi connectivity index (χ1v) is 10.5. The highest BCUT2D eigenvalue weighted by Crippen LogP contribution is 2.26. The van der Waals surface area contributed by atoms with Crippen molar-refractivity contribution in [3.63, 3.8) is 0 Å². The third-order valence-corrected chi connectivity index (χ3v) is 5.63. The second-order valence-corrected chi connectivity index (χ2v) is 8.94. The van der Waals surface area contributed by atoms with Crippen molar-refractivity contribution < 1.29 is 9.15 Å². The minimum atomic E-state index is -0.195. The molecule has 2 aromatic heterocycles. The fourth-order valence-corrected chi connectivity index (χ4v) is 4.00. The molecule has 8 heteroatoms. The molecular weight excluding hydrogens is 376 g/mol. The number of nitrogens with zero attached hydrogens (tertiary/aromatic N) is 4. The van der Waals surface area contributed by atoms with Crippen LogP contribution in [0, 0.1) is 0 Å². The van der Waals surface area contributed by atoms with Crippen molar-refractivity contribution in [3.05, 3.63) is 46.4 Å². The summed E-state index contributed by atoms with van der Waals surface area (Å²) in [5.41, 5.74) is 0.461. The van der Waals surface area contributed by atoms with Gasteiger partial charge in [0.1, 0.15) is 0 Å². The van der Waals surface area contributed by atoms with Crippen molar-refractivity contribution >= 4 is 22.7 Å². The molecule has 1 aliphatic heterocycles. The fourth-order valence-electron chi connectivity index (χ4n) is 3.15. The van der Waals surface area contributed by atoms with Gasteiger partial charge in [-0.1, -0.05) is 44.7 Å². The molecular formula is C20H24N4O3S. The van der Waals surface area contributed by atoms with Crippen molar-refractivity contribution in [3.8, 4) is 0 Å². The maximum absolute atomic E-state index is 13.1. The summed E-state index contributed by atoms with van der Waals surface area (Å²) in [5, 5.41) is 9.54. The highest BCUT2D eigenvalue weighted by Gasteiger charge is 2.23. The van der Waals surface area contributed by atoms with E-state index in [1.165, 1.54) is 11.8 Å². The number of aromatic nitrogens is 4. The maximum atomic E-state index is 13.1. The van der Waals surface area contributed by atoms with Gasteiger partial charge >= 0.3 is 0 Å². The second-order valence-electron chi connectivity index (χ2n) is 8.00. The van der Waals surface area contributed by atoms with Gasteiger partial charge in [-0.3, -0.25) is 9.36 Å². The third-order valence-electron chi connectivity index (χ3n) is 4.67. The molecule has 3 heterocycles. The van der Waals surface area contributed by atoms with E-state index in [1.54, 1.807) is 4.57 Å². The summed E-state index contributed by atoms with van der Waals surface area (Å²) in [5.74, 6) is 1.59. The van der Waals surface area contributed by atoms with Crippen LogP contribution in [0.2, 0.25) is 0 Å². The molecule has 1 fully saturated rings. The van der Waals surface area contributed by atoms with Crippen molar-refractivity contribution in [1.29, 1.82) is 0 Å². The van der Waals surface area contributed by atoms with Gasteiger partial charge in [0.25, 0.3) is 5.56 Å². The van der Waals surface area contributed by atoms with Crippen LogP contribution in [0.15, 0.2) is 38.6 Å². The van der Waals surface area contributed by atoms with E-state index >= 15 is 0 Å². The third kappa shape index (κ3) is 3.98. The zero-order valence-corrected chi connectivity index (χ0v) is 17.2. The molecule has 0 saturated carbocycles. The molecule has 0 unspecified atom stereocenters. The van der Waals surface area contributed by atoms with E-state index in [1.807, 2.05) is 45.0 Å². The van der Waals surface area contributed by atoms with Crippen molar-refractivity contribution in [2.75, 3.05) is 6.61 Å². The lowest BCUT2D eigenvalue weighted by Gasteiger charge is -2.16. The van der Waals surface area contributed by atoms with Gasteiger partial charge < -0.3 is 9.15 Å². The highest BCUT2D eigenvalue weighted by molar-refractivity contribution is 7.98. The van der Waals surface area contributed by atoms with Crippen LogP contribution >= 0.6 is 11.8 Å². The van der Waals surface area contributed by atoms with Gasteiger partial charge in [-0.05, 0) is 25.0 Å². The van der Waals surface area contributed by atoms with Crippen LogP contribution in [0.1, 0.15) is 45.4 Å². The smallest absolute Gasteiger partial charge is 0.262 e. The number of rotatable bonds is 5. The van der Waals surface area contributed by atoms with Crippen LogP contribution in [0.5, 0.6) is 0 Å². The lowest BCUT2D eigenvalue weighted by atomic mass is 9.97. The molecule has 1 atom stereocenters. The summed E-state index contributed by atoms with van der Waals surface area (Å²) in [6, 6.07) is 7.43. The summed E-state index contributed by atoms with van der Waals surface area (Å²) in [4.78, 5) is 17.8. The number of fused-ring (bicyclic) bond motifs is 1. The average molecular weight is 401 g/mol. The van der Waals surface area contributed by atoms with E-state index in [9.17, 15) is 4.79 Å². The quantitative estimate of drug-likeness (QED) is 0.478. The van der Waals surface area contributed by atoms with Gasteiger partial charge in [0, 0.05) is 12.0 Å². The maximum Gasteiger partial charge on any atom is 0.262 e. The summed E-state index contributed by atoms with van der Waals surface area (Å²) >= 11 is 1.44. The summed E-state index contributed by atoms with van der Waals surface area (Å²) < 4.78 is 13.2. The Labute approximate surface area is 167 Å². The summed E-state index contributed by atoms with van der Waals surface area (Å²) in [6.07, 6.45) is 2.04. The Kier molecular flexibility index (Phi) is 5.25. The number of para-hydroxylation sites is 1. The van der Waals surface area contributed by atoms with E-state index in [4.69, 9.17) is 14.1 Å². The van der Waals surface area contributed by atoms with E-state index in [0.717, 1.165) is 19.4 Å². The molecule has 1 aromatic carbocycles. The van der Waals surface area contributed by atoms with E-state index in [2.05, 4.69) is 10.2 Å². The zero-order chi connectivity index (χ0) is 19.7. The predicted molar refractivity (Wildman–Crippen MR) is 108 cm³/mol. The Morgan fingerprint density at radius 2 is 2.07 bits per heavy atom. The van der Waals surface area contributed by atoms with E-state index in [0.29, 0.717) is 40.1 Å². The Morgan fingerprint density at radius 3 is 2.79 bits per heavy atom. The highest BCUT2D eigenvalue weighted by atomic mass is 32.2. The largest absolute Gasteiger partial charge is 0.424 e. The first-order valence-electron chi connectivity index (χ1n) is 9.48. The first-order chi connectivity index (χ1) is 13.4. The standard InChI is InChI=1S/C20H24N4O3S/c1-20(2,3)18-23-22-16(27-18)12-28-19-21-15-9-5-4-8-14(15)17(25)24(19)11-13-7-6-10-26-13/h4-5,8-9,13H,6-7,10-12H2,1-3H3/t13-/m1/s1. The molecule has 0 amide bonds. The van der Waals surface area contributed by atoms with Crippen LogP contribution in [-0.2, 0) is 22.4 Å². The molecule has 0 spiro atoms. The number of hydrogen-bond donors (Lipinski definition) is 0. The van der Waals surface area contributed by atoms with E-state index < -0.39 is 0 Å². The van der Waals surface area contributed by atoms with Gasteiger partial charge in [0.05, 0.1) is 29.3 Å². The summed E-state index contributed by atoms with van der Waals surface area (Å²) in [7, 11) is 0. The van der Waals surface area contributed by atoms with Gasteiger partial charge in [0.15, 0.2) is 5.16 Å². The lowest BCUT2D eigenvalue weighted by molar-refractivity contribution is 0.0937. The zero-order valence-electron chi connectivity index (χ0n) is 16.3. The van der Waals surface area contributed by atoms with Gasteiger partial charge in [-0.2, -0.15) is 0 Å². The fraction of sp³-hybridized carbons (Fsp3) is 0.500. The monoisotopic (exact) mass is 400 g/mol. The number of hydrogen-bond acceptors (Lipinski definition) is 7. The molecule has 28 heavy (non-hydrogen) atoms. The lowest BCUT2D eigenvalue weighted by Crippen LogP contribution is -2.28. The SMILES string of the molecule is CC(C)(C)c1nnc(CSc2nc3ccccc3c(=O)n2C[C@H]2CCCO2)o1. The van der Waals surface area contributed by atoms with Crippen LogP contribution in [-0.4, -0.2) is 32.5 Å². The Bertz CT molecular complexity index is 1030. The minimum Gasteiger partial charge on any atom is -0.424 e. The molecule has 0 bridgehead atoms. The molecule has 0 N–H and O–H groups in total. The molecule has 4 rings (SSSR count). The van der Waals surface area contributed by atoms with Gasteiger partial charge in [0.2, 0.25) is 11.8 Å². The second kappa shape index (κ2) is 7.67. The van der Waals surface area contributed by atoms with Crippen LogP contribution in [0.4, 0.5) is 0 Å².